The van der Waals surface area contributed by atoms with Gasteiger partial charge in [-0.15, -0.1) is 0 Å². The van der Waals surface area contributed by atoms with E-state index in [0.29, 0.717) is 5.56 Å². The highest BCUT2D eigenvalue weighted by Gasteiger charge is 2.17. The van der Waals surface area contributed by atoms with Crippen LogP contribution in [-0.2, 0) is 0 Å². The number of H-pyrrole nitrogens is 1. The van der Waals surface area contributed by atoms with Gasteiger partial charge in [0.15, 0.2) is 11.5 Å². The zero-order valence-corrected chi connectivity index (χ0v) is 9.10. The molecule has 0 bridgehead atoms. The van der Waals surface area contributed by atoms with Crippen LogP contribution in [-0.4, -0.2) is 21.1 Å². The summed E-state index contributed by atoms with van der Waals surface area (Å²) < 4.78 is 0. The Balaban J connectivity index is 2.70. The molecule has 0 aliphatic carbocycles. The van der Waals surface area contributed by atoms with E-state index in [0.717, 1.165) is 0 Å². The van der Waals surface area contributed by atoms with Gasteiger partial charge in [-0.05, 0) is 6.92 Å². The molecule has 0 saturated carbocycles. The molecule has 17 heavy (non-hydrogen) atoms. The smallest absolute Gasteiger partial charge is 0.278 e. The minimum atomic E-state index is -0.685. The van der Waals surface area contributed by atoms with Crippen LogP contribution in [0.15, 0.2) is 35.1 Å². The second-order valence-corrected chi connectivity index (χ2v) is 3.55. The molecular weight excluding hydrogens is 220 g/mol. The van der Waals surface area contributed by atoms with Crippen LogP contribution in [0, 0.1) is 0 Å². The summed E-state index contributed by atoms with van der Waals surface area (Å²) in [6, 6.07) is 8.82. The fourth-order valence-electron chi connectivity index (χ4n) is 1.57. The van der Waals surface area contributed by atoms with Crippen LogP contribution in [0.25, 0.3) is 11.3 Å². The molecule has 0 radical (unpaired) electrons. The van der Waals surface area contributed by atoms with E-state index in [4.69, 9.17) is 0 Å². The molecule has 86 valence electrons. The van der Waals surface area contributed by atoms with Gasteiger partial charge in [-0.1, -0.05) is 30.3 Å². The molecule has 2 rings (SSSR count). The van der Waals surface area contributed by atoms with Crippen molar-refractivity contribution < 1.29 is 9.90 Å². The van der Waals surface area contributed by atoms with Crippen LogP contribution in [0.4, 0.5) is 0 Å². The highest BCUT2D eigenvalue weighted by molar-refractivity contribution is 5.98. The molecule has 0 amide bonds. The summed E-state index contributed by atoms with van der Waals surface area (Å²) >= 11 is 0. The van der Waals surface area contributed by atoms with Crippen molar-refractivity contribution in [3.63, 3.8) is 0 Å². The molecule has 0 aliphatic rings. The number of nitrogens with one attached hydrogen (secondary N) is 1. The lowest BCUT2D eigenvalue weighted by Gasteiger charge is -2.05. The normalized spacial score (nSPS) is 10.2. The standard InChI is InChI=1S/C12H10N2O3/c1-7(15)9-11(16)10(13-14-12(9)17)8-5-3-2-4-6-8/h2-6H,1H3,(H2,14,16,17). The van der Waals surface area contributed by atoms with Gasteiger partial charge in [-0.25, -0.2) is 5.10 Å². The van der Waals surface area contributed by atoms with Crippen molar-refractivity contribution >= 4 is 5.78 Å². The third-order valence-electron chi connectivity index (χ3n) is 2.36. The number of benzene rings is 1. The average molecular weight is 230 g/mol. The van der Waals surface area contributed by atoms with Crippen LogP contribution < -0.4 is 5.56 Å². The van der Waals surface area contributed by atoms with Crippen LogP contribution in [0.1, 0.15) is 17.3 Å². The average Bonchev–Trinajstić information content (AvgIpc) is 2.30. The van der Waals surface area contributed by atoms with Crippen molar-refractivity contribution in [3.8, 4) is 17.0 Å². The summed E-state index contributed by atoms with van der Waals surface area (Å²) in [7, 11) is 0. The number of hydrogen-bond acceptors (Lipinski definition) is 4. The van der Waals surface area contributed by atoms with E-state index in [1.165, 1.54) is 6.92 Å². The molecule has 2 aromatic rings. The SMILES string of the molecule is CC(=O)c1c(O)c(-c2ccccc2)n[nH]c1=O. The molecule has 0 atom stereocenters. The summed E-state index contributed by atoms with van der Waals surface area (Å²) in [5, 5.41) is 15.8. The Morgan fingerprint density at radius 1 is 1.29 bits per heavy atom. The van der Waals surface area contributed by atoms with E-state index in [1.54, 1.807) is 24.3 Å². The number of aromatic amines is 1. The number of nitrogens with zero attached hydrogens (tertiary/aromatic N) is 1. The van der Waals surface area contributed by atoms with Crippen molar-refractivity contribution in [2.24, 2.45) is 0 Å². The highest BCUT2D eigenvalue weighted by Crippen LogP contribution is 2.27. The summed E-state index contributed by atoms with van der Waals surface area (Å²) in [5.41, 5.74) is -0.132. The Bertz CT molecular complexity index is 617. The van der Waals surface area contributed by atoms with Crippen LogP contribution in [0.5, 0.6) is 5.75 Å². The van der Waals surface area contributed by atoms with Crippen molar-refractivity contribution in [1.29, 1.82) is 0 Å². The van der Waals surface area contributed by atoms with Gasteiger partial charge in [0.1, 0.15) is 11.3 Å². The van der Waals surface area contributed by atoms with Crippen LogP contribution >= 0.6 is 0 Å². The fourth-order valence-corrected chi connectivity index (χ4v) is 1.57. The molecule has 1 heterocycles. The van der Waals surface area contributed by atoms with Crippen molar-refractivity contribution in [1.82, 2.24) is 10.2 Å². The fraction of sp³-hybridized carbons (Fsp3) is 0.0833. The topological polar surface area (TPSA) is 83.0 Å². The summed E-state index contributed by atoms with van der Waals surface area (Å²) in [5.74, 6) is -0.879. The number of rotatable bonds is 2. The first-order valence-electron chi connectivity index (χ1n) is 4.99. The number of carbonyl (C=O) groups excluding carboxylic acids is 1. The molecular formula is C12H10N2O3. The van der Waals surface area contributed by atoms with Gasteiger partial charge in [0.2, 0.25) is 0 Å². The minimum Gasteiger partial charge on any atom is -0.505 e. The first-order chi connectivity index (χ1) is 8.11. The second kappa shape index (κ2) is 4.21. The maximum atomic E-state index is 11.4. The molecule has 5 heteroatoms. The van der Waals surface area contributed by atoms with Gasteiger partial charge in [-0.3, -0.25) is 9.59 Å². The number of aromatic nitrogens is 2. The number of Topliss-reactive ketones (excluding diaryl/α,β-unsaturated/α-hetero) is 1. The first-order valence-corrected chi connectivity index (χ1v) is 4.99. The van der Waals surface area contributed by atoms with Gasteiger partial charge in [0.25, 0.3) is 5.56 Å². The number of hydrogen-bond donors (Lipinski definition) is 2. The number of aromatic hydroxyl groups is 1. The molecule has 0 saturated heterocycles. The predicted molar refractivity (Wildman–Crippen MR) is 62.0 cm³/mol. The van der Waals surface area contributed by atoms with Gasteiger partial charge >= 0.3 is 0 Å². The van der Waals surface area contributed by atoms with Crippen molar-refractivity contribution in [3.05, 3.63) is 46.2 Å². The summed E-state index contributed by atoms with van der Waals surface area (Å²) in [6.07, 6.45) is 0. The largest absolute Gasteiger partial charge is 0.505 e. The van der Waals surface area contributed by atoms with Gasteiger partial charge in [0, 0.05) is 5.56 Å². The monoisotopic (exact) mass is 230 g/mol. The van der Waals surface area contributed by atoms with Crippen molar-refractivity contribution in [2.75, 3.05) is 0 Å². The van der Waals surface area contributed by atoms with E-state index in [2.05, 4.69) is 10.2 Å². The Morgan fingerprint density at radius 2 is 1.94 bits per heavy atom. The highest BCUT2D eigenvalue weighted by atomic mass is 16.3. The van der Waals surface area contributed by atoms with Crippen LogP contribution in [0.3, 0.4) is 0 Å². The molecule has 0 fully saturated rings. The van der Waals surface area contributed by atoms with E-state index in [1.807, 2.05) is 6.07 Å². The molecule has 5 nitrogen and oxygen atoms in total. The Hall–Kier alpha value is -2.43. The summed E-state index contributed by atoms with van der Waals surface area (Å²) in [4.78, 5) is 22.6. The number of carbonyl (C=O) groups is 1. The molecule has 1 aromatic heterocycles. The Kier molecular flexibility index (Phi) is 2.74. The molecule has 0 spiro atoms. The lowest BCUT2D eigenvalue weighted by Crippen LogP contribution is -2.18. The van der Waals surface area contributed by atoms with Crippen molar-refractivity contribution in [2.45, 2.75) is 6.92 Å². The van der Waals surface area contributed by atoms with Gasteiger partial charge in [0.05, 0.1) is 0 Å². The first kappa shape index (κ1) is 11.1. The van der Waals surface area contributed by atoms with Gasteiger partial charge in [-0.2, -0.15) is 5.10 Å². The Morgan fingerprint density at radius 3 is 2.53 bits per heavy atom. The molecule has 1 aromatic carbocycles. The number of ketones is 1. The Labute approximate surface area is 96.7 Å². The third kappa shape index (κ3) is 1.94. The lowest BCUT2D eigenvalue weighted by atomic mass is 10.1. The summed E-state index contributed by atoms with van der Waals surface area (Å²) in [6.45, 7) is 1.22. The predicted octanol–water partition coefficient (Wildman–Crippen LogP) is 1.35. The molecule has 0 aliphatic heterocycles. The quantitative estimate of drug-likeness (QED) is 0.763. The zero-order valence-electron chi connectivity index (χ0n) is 9.10. The molecule has 0 unspecified atom stereocenters. The minimum absolute atomic E-state index is 0.190. The second-order valence-electron chi connectivity index (χ2n) is 3.55. The van der Waals surface area contributed by atoms with Crippen LogP contribution in [0.2, 0.25) is 0 Å². The lowest BCUT2D eigenvalue weighted by molar-refractivity contribution is 0.101. The maximum absolute atomic E-state index is 11.4. The van der Waals surface area contributed by atoms with E-state index >= 15 is 0 Å². The third-order valence-corrected chi connectivity index (χ3v) is 2.36. The zero-order chi connectivity index (χ0) is 12.4. The van der Waals surface area contributed by atoms with E-state index in [-0.39, 0.29) is 17.0 Å². The van der Waals surface area contributed by atoms with E-state index in [9.17, 15) is 14.7 Å². The maximum Gasteiger partial charge on any atom is 0.278 e. The van der Waals surface area contributed by atoms with Gasteiger partial charge < -0.3 is 5.11 Å². The van der Waals surface area contributed by atoms with E-state index < -0.39 is 11.3 Å². The molecule has 2 N–H and O–H groups in total.